The van der Waals surface area contributed by atoms with Gasteiger partial charge in [-0.1, -0.05) is 24.3 Å². The van der Waals surface area contributed by atoms with Gasteiger partial charge in [-0.15, -0.1) is 0 Å². The van der Waals surface area contributed by atoms with E-state index in [4.69, 9.17) is 4.74 Å². The van der Waals surface area contributed by atoms with Gasteiger partial charge in [0.25, 0.3) is 0 Å². The number of carbonyl (C=O) groups is 1. The first-order chi connectivity index (χ1) is 9.02. The number of aryl methyl sites for hydroxylation is 2. The predicted octanol–water partition coefficient (Wildman–Crippen LogP) is 3.68. The predicted molar refractivity (Wildman–Crippen MR) is 72.3 cm³/mol. The van der Waals surface area contributed by atoms with E-state index in [-0.39, 0.29) is 11.6 Å². The van der Waals surface area contributed by atoms with Crippen molar-refractivity contribution < 1.29 is 13.9 Å². The maximum atomic E-state index is 13.5. The zero-order chi connectivity index (χ0) is 14.0. The molecule has 0 aliphatic rings. The van der Waals surface area contributed by atoms with Crippen LogP contribution in [0.1, 0.15) is 27.0 Å². The third-order valence-electron chi connectivity index (χ3n) is 3.10. The summed E-state index contributed by atoms with van der Waals surface area (Å²) in [5.41, 5.74) is 2.31. The third kappa shape index (κ3) is 2.65. The van der Waals surface area contributed by atoms with E-state index in [1.54, 1.807) is 38.3 Å². The molecule has 0 radical (unpaired) electrons. The van der Waals surface area contributed by atoms with E-state index in [1.165, 1.54) is 6.07 Å². The molecule has 0 saturated carbocycles. The summed E-state index contributed by atoms with van der Waals surface area (Å²) in [6, 6.07) is 9.72. The summed E-state index contributed by atoms with van der Waals surface area (Å²) in [4.78, 5) is 12.3. The molecule has 0 atom stereocenters. The van der Waals surface area contributed by atoms with Crippen molar-refractivity contribution >= 4 is 5.78 Å². The van der Waals surface area contributed by atoms with Crippen molar-refractivity contribution in [2.24, 2.45) is 0 Å². The van der Waals surface area contributed by atoms with Crippen LogP contribution in [0.5, 0.6) is 5.75 Å². The lowest BCUT2D eigenvalue weighted by Gasteiger charge is -2.07. The summed E-state index contributed by atoms with van der Waals surface area (Å²) in [6.07, 6.45) is 0. The van der Waals surface area contributed by atoms with E-state index in [0.717, 1.165) is 5.56 Å². The van der Waals surface area contributed by atoms with Gasteiger partial charge in [-0.05, 0) is 37.1 Å². The molecule has 0 aromatic heterocycles. The normalized spacial score (nSPS) is 10.3. The second-order valence-corrected chi connectivity index (χ2v) is 4.48. The first kappa shape index (κ1) is 13.3. The Morgan fingerprint density at radius 2 is 1.58 bits per heavy atom. The number of hydrogen-bond donors (Lipinski definition) is 0. The summed E-state index contributed by atoms with van der Waals surface area (Å²) >= 11 is 0. The van der Waals surface area contributed by atoms with Gasteiger partial charge in [-0.2, -0.15) is 0 Å². The minimum atomic E-state index is -0.370. The molecule has 0 aliphatic heterocycles. The smallest absolute Gasteiger partial charge is 0.193 e. The van der Waals surface area contributed by atoms with Gasteiger partial charge in [0.1, 0.15) is 11.6 Å². The minimum Gasteiger partial charge on any atom is -0.496 e. The SMILES string of the molecule is COc1cc(C(=O)c2ccc(C)c(F)c2)ccc1C. The van der Waals surface area contributed by atoms with E-state index >= 15 is 0 Å². The van der Waals surface area contributed by atoms with Crippen LogP contribution in [-0.4, -0.2) is 12.9 Å². The molecule has 2 nitrogen and oxygen atoms in total. The molecule has 0 heterocycles. The number of methoxy groups -OCH3 is 1. The molecule has 2 aromatic carbocycles. The van der Waals surface area contributed by atoms with Gasteiger partial charge in [-0.3, -0.25) is 4.79 Å². The molecule has 0 amide bonds. The van der Waals surface area contributed by atoms with E-state index in [0.29, 0.717) is 22.4 Å². The molecule has 98 valence electrons. The van der Waals surface area contributed by atoms with Crippen LogP contribution in [0.15, 0.2) is 36.4 Å². The van der Waals surface area contributed by atoms with Crippen LogP contribution >= 0.6 is 0 Å². The second kappa shape index (κ2) is 5.22. The first-order valence-electron chi connectivity index (χ1n) is 5.98. The van der Waals surface area contributed by atoms with Crippen molar-refractivity contribution in [1.82, 2.24) is 0 Å². The number of carbonyl (C=O) groups excluding carboxylic acids is 1. The standard InChI is InChI=1S/C16H15FO2/c1-10-4-6-12(8-14(10)17)16(18)13-7-5-11(2)15(9-13)19-3/h4-9H,1-3H3. The van der Waals surface area contributed by atoms with Gasteiger partial charge in [0, 0.05) is 11.1 Å². The average molecular weight is 258 g/mol. The van der Waals surface area contributed by atoms with Crippen molar-refractivity contribution in [1.29, 1.82) is 0 Å². The molecule has 2 aromatic rings. The first-order valence-corrected chi connectivity index (χ1v) is 5.98. The van der Waals surface area contributed by atoms with Gasteiger partial charge >= 0.3 is 0 Å². The van der Waals surface area contributed by atoms with Gasteiger partial charge < -0.3 is 4.74 Å². The molecule has 0 fully saturated rings. The largest absolute Gasteiger partial charge is 0.496 e. The van der Waals surface area contributed by atoms with Crippen LogP contribution in [-0.2, 0) is 0 Å². The van der Waals surface area contributed by atoms with Crippen LogP contribution in [0, 0.1) is 19.7 Å². The third-order valence-corrected chi connectivity index (χ3v) is 3.10. The van der Waals surface area contributed by atoms with Crippen LogP contribution in [0.3, 0.4) is 0 Å². The lowest BCUT2D eigenvalue weighted by molar-refractivity contribution is 0.103. The molecule has 0 aliphatic carbocycles. The molecule has 3 heteroatoms. The Hall–Kier alpha value is -2.16. The summed E-state index contributed by atoms with van der Waals surface area (Å²) in [6.45, 7) is 3.57. The van der Waals surface area contributed by atoms with Gasteiger partial charge in [-0.25, -0.2) is 4.39 Å². The highest BCUT2D eigenvalue weighted by molar-refractivity contribution is 6.09. The topological polar surface area (TPSA) is 26.3 Å². The zero-order valence-corrected chi connectivity index (χ0v) is 11.2. The fourth-order valence-corrected chi connectivity index (χ4v) is 1.86. The highest BCUT2D eigenvalue weighted by Gasteiger charge is 2.12. The number of halogens is 1. The molecule has 0 spiro atoms. The maximum Gasteiger partial charge on any atom is 0.193 e. The summed E-state index contributed by atoms with van der Waals surface area (Å²) in [5, 5.41) is 0. The maximum absolute atomic E-state index is 13.5. The zero-order valence-electron chi connectivity index (χ0n) is 11.2. The summed E-state index contributed by atoms with van der Waals surface area (Å²) in [7, 11) is 1.56. The average Bonchev–Trinajstić information content (AvgIpc) is 2.41. The monoisotopic (exact) mass is 258 g/mol. The van der Waals surface area contributed by atoms with Crippen molar-refractivity contribution in [3.05, 3.63) is 64.5 Å². The van der Waals surface area contributed by atoms with Crippen molar-refractivity contribution in [3.63, 3.8) is 0 Å². The second-order valence-electron chi connectivity index (χ2n) is 4.48. The van der Waals surface area contributed by atoms with Crippen LogP contribution in [0.25, 0.3) is 0 Å². The molecule has 0 saturated heterocycles. The Balaban J connectivity index is 2.41. The number of ether oxygens (including phenoxy) is 1. The lowest BCUT2D eigenvalue weighted by atomic mass is 10.0. The quantitative estimate of drug-likeness (QED) is 0.785. The molecule has 0 N–H and O–H groups in total. The van der Waals surface area contributed by atoms with Gasteiger partial charge in [0.15, 0.2) is 5.78 Å². The van der Waals surface area contributed by atoms with E-state index < -0.39 is 0 Å². The molecule has 2 rings (SSSR count). The number of hydrogen-bond acceptors (Lipinski definition) is 2. The van der Waals surface area contributed by atoms with E-state index in [1.807, 2.05) is 13.0 Å². The van der Waals surface area contributed by atoms with Gasteiger partial charge in [0.2, 0.25) is 0 Å². The van der Waals surface area contributed by atoms with Crippen LogP contribution < -0.4 is 4.74 Å². The number of rotatable bonds is 3. The highest BCUT2D eigenvalue weighted by atomic mass is 19.1. The fraction of sp³-hybridized carbons (Fsp3) is 0.188. The molecule has 0 bridgehead atoms. The van der Waals surface area contributed by atoms with Gasteiger partial charge in [0.05, 0.1) is 7.11 Å². The molecular formula is C16H15FO2. The highest BCUT2D eigenvalue weighted by Crippen LogP contribution is 2.21. The Morgan fingerprint density at radius 3 is 2.16 bits per heavy atom. The summed E-state index contributed by atoms with van der Waals surface area (Å²) < 4.78 is 18.7. The molecule has 19 heavy (non-hydrogen) atoms. The summed E-state index contributed by atoms with van der Waals surface area (Å²) in [5.74, 6) is 0.0700. The minimum absolute atomic E-state index is 0.211. The Morgan fingerprint density at radius 1 is 1.00 bits per heavy atom. The van der Waals surface area contributed by atoms with Crippen LogP contribution in [0.4, 0.5) is 4.39 Å². The lowest BCUT2D eigenvalue weighted by Crippen LogP contribution is -2.03. The van der Waals surface area contributed by atoms with Crippen LogP contribution in [0.2, 0.25) is 0 Å². The number of ketones is 1. The fourth-order valence-electron chi connectivity index (χ4n) is 1.86. The molecular weight excluding hydrogens is 243 g/mol. The van der Waals surface area contributed by atoms with E-state index in [9.17, 15) is 9.18 Å². The van der Waals surface area contributed by atoms with Crippen molar-refractivity contribution in [3.8, 4) is 5.75 Å². The molecule has 0 unspecified atom stereocenters. The van der Waals surface area contributed by atoms with Crippen molar-refractivity contribution in [2.75, 3.05) is 7.11 Å². The Labute approximate surface area is 111 Å². The van der Waals surface area contributed by atoms with E-state index in [2.05, 4.69) is 0 Å². The Bertz CT molecular complexity index is 633. The Kier molecular flexibility index (Phi) is 3.65. The number of benzene rings is 2. The van der Waals surface area contributed by atoms with Crippen molar-refractivity contribution in [2.45, 2.75) is 13.8 Å².